The minimum atomic E-state index is -1.60. The van der Waals surface area contributed by atoms with Crippen LogP contribution >= 0.6 is 0 Å². The summed E-state index contributed by atoms with van der Waals surface area (Å²) in [6, 6.07) is 9.03. The molecule has 0 amide bonds. The summed E-state index contributed by atoms with van der Waals surface area (Å²) in [5.74, 6) is -0.784. The maximum atomic E-state index is 11.7. The molecule has 2 rings (SSSR count). The highest BCUT2D eigenvalue weighted by atomic mass is 16.7. The first-order chi connectivity index (χ1) is 10.5. The Morgan fingerprint density at radius 2 is 1.82 bits per heavy atom. The summed E-state index contributed by atoms with van der Waals surface area (Å²) in [5.41, 5.74) is 0.785. The van der Waals surface area contributed by atoms with Gasteiger partial charge in [-0.25, -0.2) is 4.79 Å². The van der Waals surface area contributed by atoms with Crippen LogP contribution in [-0.4, -0.2) is 63.7 Å². The summed E-state index contributed by atoms with van der Waals surface area (Å²) >= 11 is 0. The monoisotopic (exact) mass is 310 g/mol. The van der Waals surface area contributed by atoms with Gasteiger partial charge in [0.25, 0.3) is 0 Å². The lowest BCUT2D eigenvalue weighted by Crippen LogP contribution is -2.59. The van der Waals surface area contributed by atoms with Crippen molar-refractivity contribution in [2.24, 2.45) is 0 Å². The molecule has 1 aliphatic heterocycles. The quantitative estimate of drug-likeness (QED) is 0.418. The van der Waals surface area contributed by atoms with Gasteiger partial charge in [-0.05, 0) is 11.6 Å². The summed E-state index contributed by atoms with van der Waals surface area (Å²) in [6.45, 7) is -0.584. The highest BCUT2D eigenvalue weighted by Gasteiger charge is 2.45. The SMILES string of the molecule is O=C(/C=C/c1ccccc1)O[C@@H]1OC(CO)[C@@H](O)C(O)[C@@H]1O. The average molecular weight is 310 g/mol. The maximum Gasteiger partial charge on any atom is 0.333 e. The smallest absolute Gasteiger partial charge is 0.333 e. The third-order valence-corrected chi connectivity index (χ3v) is 3.29. The Kier molecular flexibility index (Phi) is 5.64. The van der Waals surface area contributed by atoms with Gasteiger partial charge < -0.3 is 29.9 Å². The third-order valence-electron chi connectivity index (χ3n) is 3.29. The third kappa shape index (κ3) is 3.90. The highest BCUT2D eigenvalue weighted by Crippen LogP contribution is 2.22. The van der Waals surface area contributed by atoms with Gasteiger partial charge in [-0.2, -0.15) is 0 Å². The van der Waals surface area contributed by atoms with E-state index in [4.69, 9.17) is 14.6 Å². The highest BCUT2D eigenvalue weighted by molar-refractivity contribution is 5.87. The van der Waals surface area contributed by atoms with E-state index in [1.54, 1.807) is 12.1 Å². The molecule has 22 heavy (non-hydrogen) atoms. The first-order valence-corrected chi connectivity index (χ1v) is 6.77. The van der Waals surface area contributed by atoms with Crippen LogP contribution in [0.4, 0.5) is 0 Å². The Bertz CT molecular complexity index is 514. The van der Waals surface area contributed by atoms with E-state index in [2.05, 4.69) is 0 Å². The lowest BCUT2D eigenvalue weighted by Gasteiger charge is -2.38. The van der Waals surface area contributed by atoms with E-state index >= 15 is 0 Å². The predicted molar refractivity (Wildman–Crippen MR) is 75.3 cm³/mol. The summed E-state index contributed by atoms with van der Waals surface area (Å²) in [6.07, 6.45) is -4.59. The Hall–Kier alpha value is -1.77. The molecule has 1 aromatic carbocycles. The molecule has 7 nitrogen and oxygen atoms in total. The first-order valence-electron chi connectivity index (χ1n) is 6.77. The minimum Gasteiger partial charge on any atom is -0.430 e. The van der Waals surface area contributed by atoms with Crippen LogP contribution in [0.3, 0.4) is 0 Å². The molecule has 1 saturated heterocycles. The van der Waals surface area contributed by atoms with Crippen molar-refractivity contribution in [1.82, 2.24) is 0 Å². The van der Waals surface area contributed by atoms with Gasteiger partial charge in [0.2, 0.25) is 6.29 Å². The van der Waals surface area contributed by atoms with Crippen LogP contribution in [0, 0.1) is 0 Å². The zero-order valence-corrected chi connectivity index (χ0v) is 11.6. The van der Waals surface area contributed by atoms with Crippen LogP contribution in [0.2, 0.25) is 0 Å². The number of hydrogen-bond acceptors (Lipinski definition) is 7. The molecule has 5 atom stereocenters. The molecule has 7 heteroatoms. The lowest BCUT2D eigenvalue weighted by molar-refractivity contribution is -0.291. The molecule has 0 aliphatic carbocycles. The zero-order chi connectivity index (χ0) is 16.1. The van der Waals surface area contributed by atoms with Crippen molar-refractivity contribution in [2.75, 3.05) is 6.61 Å². The van der Waals surface area contributed by atoms with E-state index in [1.807, 2.05) is 18.2 Å². The molecule has 1 aromatic rings. The number of esters is 1. The number of carbonyl (C=O) groups excluding carboxylic acids is 1. The van der Waals surface area contributed by atoms with Crippen LogP contribution in [-0.2, 0) is 14.3 Å². The molecule has 4 N–H and O–H groups in total. The molecule has 120 valence electrons. The van der Waals surface area contributed by atoms with Crippen molar-refractivity contribution in [3.8, 4) is 0 Å². The molecule has 2 unspecified atom stereocenters. The fourth-order valence-corrected chi connectivity index (χ4v) is 2.05. The van der Waals surface area contributed by atoms with Crippen LogP contribution in [0.1, 0.15) is 5.56 Å². The second-order valence-corrected chi connectivity index (χ2v) is 4.88. The Balaban J connectivity index is 1.97. The van der Waals surface area contributed by atoms with Gasteiger partial charge in [0, 0.05) is 6.08 Å². The molecule has 0 spiro atoms. The fourth-order valence-electron chi connectivity index (χ4n) is 2.05. The number of aliphatic hydroxyl groups excluding tert-OH is 4. The topological polar surface area (TPSA) is 116 Å². The average Bonchev–Trinajstić information content (AvgIpc) is 2.54. The lowest BCUT2D eigenvalue weighted by atomic mass is 9.99. The second kappa shape index (κ2) is 7.48. The molecule has 1 aliphatic rings. The van der Waals surface area contributed by atoms with Crippen molar-refractivity contribution in [3.63, 3.8) is 0 Å². The van der Waals surface area contributed by atoms with E-state index in [1.165, 1.54) is 6.08 Å². The molecule has 1 fully saturated rings. The molecule has 0 radical (unpaired) electrons. The van der Waals surface area contributed by atoms with Gasteiger partial charge in [0.1, 0.15) is 24.4 Å². The number of benzene rings is 1. The molecule has 0 aromatic heterocycles. The van der Waals surface area contributed by atoms with Crippen molar-refractivity contribution in [2.45, 2.75) is 30.7 Å². The zero-order valence-electron chi connectivity index (χ0n) is 11.6. The van der Waals surface area contributed by atoms with Gasteiger partial charge in [-0.3, -0.25) is 0 Å². The Morgan fingerprint density at radius 3 is 2.45 bits per heavy atom. The van der Waals surface area contributed by atoms with Gasteiger partial charge >= 0.3 is 5.97 Å². The fraction of sp³-hybridized carbons (Fsp3) is 0.400. The summed E-state index contributed by atoms with van der Waals surface area (Å²) in [4.78, 5) is 11.7. The number of ether oxygens (including phenoxy) is 2. The van der Waals surface area contributed by atoms with Crippen molar-refractivity contribution in [3.05, 3.63) is 42.0 Å². The van der Waals surface area contributed by atoms with Crippen LogP contribution < -0.4 is 0 Å². The van der Waals surface area contributed by atoms with Gasteiger partial charge in [0.05, 0.1) is 6.61 Å². The summed E-state index contributed by atoms with van der Waals surface area (Å²) in [7, 11) is 0. The van der Waals surface area contributed by atoms with E-state index in [0.29, 0.717) is 0 Å². The maximum absolute atomic E-state index is 11.7. The van der Waals surface area contributed by atoms with E-state index < -0.39 is 43.3 Å². The molecular weight excluding hydrogens is 292 g/mol. The summed E-state index contributed by atoms with van der Waals surface area (Å²) in [5, 5.41) is 38.0. The van der Waals surface area contributed by atoms with Crippen LogP contribution in [0.5, 0.6) is 0 Å². The standard InChI is InChI=1S/C15H18O7/c16-8-10-12(18)13(19)14(20)15(21-10)22-11(17)7-6-9-4-2-1-3-5-9/h1-7,10,12-16,18-20H,8H2/b7-6+/t10?,12-,13?,14+,15+/m1/s1. The van der Waals surface area contributed by atoms with Crippen molar-refractivity contribution >= 4 is 12.0 Å². The van der Waals surface area contributed by atoms with Gasteiger partial charge in [0.15, 0.2) is 0 Å². The number of rotatable bonds is 4. The normalized spacial score (nSPS) is 32.1. The Morgan fingerprint density at radius 1 is 1.14 bits per heavy atom. The van der Waals surface area contributed by atoms with Crippen molar-refractivity contribution < 1.29 is 34.7 Å². The molecule has 1 heterocycles. The van der Waals surface area contributed by atoms with Crippen LogP contribution in [0.25, 0.3) is 6.08 Å². The molecular formula is C15H18O7. The molecule has 0 bridgehead atoms. The second-order valence-electron chi connectivity index (χ2n) is 4.88. The molecule has 0 saturated carbocycles. The van der Waals surface area contributed by atoms with Crippen LogP contribution in [0.15, 0.2) is 36.4 Å². The first kappa shape index (κ1) is 16.6. The Labute approximate surface area is 127 Å². The van der Waals surface area contributed by atoms with E-state index in [0.717, 1.165) is 11.6 Å². The van der Waals surface area contributed by atoms with E-state index in [9.17, 15) is 20.1 Å². The predicted octanol–water partition coefficient (Wildman–Crippen LogP) is -0.957. The number of hydrogen-bond donors (Lipinski definition) is 4. The number of carbonyl (C=O) groups is 1. The van der Waals surface area contributed by atoms with E-state index in [-0.39, 0.29) is 0 Å². The number of aliphatic hydroxyl groups is 4. The minimum absolute atomic E-state index is 0.584. The largest absolute Gasteiger partial charge is 0.430 e. The van der Waals surface area contributed by atoms with Gasteiger partial charge in [-0.1, -0.05) is 30.3 Å². The summed E-state index contributed by atoms with van der Waals surface area (Å²) < 4.78 is 9.96. The van der Waals surface area contributed by atoms with Gasteiger partial charge in [-0.15, -0.1) is 0 Å². The van der Waals surface area contributed by atoms with Crippen molar-refractivity contribution in [1.29, 1.82) is 0 Å².